The second-order valence-corrected chi connectivity index (χ2v) is 13.3. The number of piperazine rings is 1. The normalized spacial score (nSPS) is 23.9. The van der Waals surface area contributed by atoms with Crippen LogP contribution in [-0.2, 0) is 30.8 Å². The maximum Gasteiger partial charge on any atom is 0.248 e. The minimum Gasteiger partial charge on any atom is -0.343 e. The molecule has 214 valence electrons. The van der Waals surface area contributed by atoms with Gasteiger partial charge in [0.25, 0.3) is 0 Å². The van der Waals surface area contributed by atoms with Crippen molar-refractivity contribution in [3.63, 3.8) is 0 Å². The number of rotatable bonds is 7. The van der Waals surface area contributed by atoms with Crippen molar-refractivity contribution in [2.24, 2.45) is 5.92 Å². The van der Waals surface area contributed by atoms with Gasteiger partial charge in [0, 0.05) is 29.9 Å². The van der Waals surface area contributed by atoms with Gasteiger partial charge in [-0.3, -0.25) is 14.4 Å². The van der Waals surface area contributed by atoms with Crippen molar-refractivity contribution in [3.05, 3.63) is 63.9 Å². The number of benzene rings is 2. The van der Waals surface area contributed by atoms with Crippen LogP contribution in [0, 0.1) is 11.7 Å². The summed E-state index contributed by atoms with van der Waals surface area (Å²) >= 11 is 12.3. The van der Waals surface area contributed by atoms with E-state index >= 15 is 0 Å². The molecule has 2 aromatic carbocycles. The number of amides is 3. The van der Waals surface area contributed by atoms with E-state index in [1.165, 1.54) is 9.80 Å². The fraction of sp³-hybridized carbons (Fsp3) is 0.444. The molecule has 9 nitrogen and oxygen atoms in total. The van der Waals surface area contributed by atoms with Gasteiger partial charge in [0.1, 0.15) is 29.0 Å². The first-order chi connectivity index (χ1) is 18.9. The molecule has 3 amide bonds. The lowest BCUT2D eigenvalue weighted by atomic mass is 9.96. The molecule has 5 rings (SSSR count). The van der Waals surface area contributed by atoms with Crippen molar-refractivity contribution in [1.29, 1.82) is 0 Å². The van der Waals surface area contributed by atoms with Gasteiger partial charge >= 0.3 is 0 Å². The molecule has 2 aromatic rings. The maximum absolute atomic E-state index is 14.2. The van der Waals surface area contributed by atoms with Crippen molar-refractivity contribution < 1.29 is 27.2 Å². The number of fused-ring (bicyclic) bond motifs is 1. The van der Waals surface area contributed by atoms with Gasteiger partial charge < -0.3 is 15.1 Å². The first kappa shape index (κ1) is 28.8. The van der Waals surface area contributed by atoms with Crippen LogP contribution in [0.2, 0.25) is 10.0 Å². The zero-order chi connectivity index (χ0) is 28.9. The molecular formula is C27H29Cl2FN4O5S. The fourth-order valence-corrected chi connectivity index (χ4v) is 7.46. The fourth-order valence-electron chi connectivity index (χ4n) is 5.26. The van der Waals surface area contributed by atoms with Crippen molar-refractivity contribution in [1.82, 2.24) is 19.4 Å². The summed E-state index contributed by atoms with van der Waals surface area (Å²) in [6.07, 6.45) is 0.352. The van der Waals surface area contributed by atoms with Gasteiger partial charge in [-0.15, -0.1) is 0 Å². The molecular weight excluding hydrogens is 582 g/mol. The number of nitrogens with one attached hydrogen (secondary N) is 1. The smallest absolute Gasteiger partial charge is 0.248 e. The molecule has 1 saturated carbocycles. The summed E-state index contributed by atoms with van der Waals surface area (Å²) in [4.78, 5) is 42.8. The van der Waals surface area contributed by atoms with Gasteiger partial charge in [-0.05, 0) is 62.6 Å². The monoisotopic (exact) mass is 610 g/mol. The Labute approximate surface area is 242 Å². The summed E-state index contributed by atoms with van der Waals surface area (Å²) in [5.41, 5.74) is 0.714. The average Bonchev–Trinajstić information content (AvgIpc) is 3.75. The predicted molar refractivity (Wildman–Crippen MR) is 146 cm³/mol. The molecule has 3 atom stereocenters. The van der Waals surface area contributed by atoms with E-state index in [2.05, 4.69) is 5.32 Å². The van der Waals surface area contributed by atoms with E-state index in [4.69, 9.17) is 23.2 Å². The summed E-state index contributed by atoms with van der Waals surface area (Å²) in [7, 11) is -4.49. The Kier molecular flexibility index (Phi) is 7.86. The van der Waals surface area contributed by atoms with Crippen LogP contribution in [0.3, 0.4) is 0 Å². The first-order valence-corrected chi connectivity index (χ1v) is 15.2. The Balaban J connectivity index is 1.61. The van der Waals surface area contributed by atoms with Crippen LogP contribution in [0.25, 0.3) is 0 Å². The van der Waals surface area contributed by atoms with Crippen molar-refractivity contribution in [3.8, 4) is 0 Å². The Bertz CT molecular complexity index is 1450. The van der Waals surface area contributed by atoms with Crippen LogP contribution in [0.4, 0.5) is 4.39 Å². The van der Waals surface area contributed by atoms with Crippen molar-refractivity contribution in [2.75, 3.05) is 13.1 Å². The van der Waals surface area contributed by atoms with E-state index in [1.54, 1.807) is 38.1 Å². The molecule has 2 aliphatic heterocycles. The third kappa shape index (κ3) is 5.44. The zero-order valence-corrected chi connectivity index (χ0v) is 24.2. The van der Waals surface area contributed by atoms with Crippen LogP contribution >= 0.6 is 23.2 Å². The number of nitrogens with zero attached hydrogens (tertiary/aromatic N) is 3. The average molecular weight is 612 g/mol. The van der Waals surface area contributed by atoms with E-state index in [-0.39, 0.29) is 48.3 Å². The van der Waals surface area contributed by atoms with Gasteiger partial charge in [-0.25, -0.2) is 12.8 Å². The molecule has 0 radical (unpaired) electrons. The molecule has 2 heterocycles. The molecule has 2 saturated heterocycles. The number of hydrogen-bond acceptors (Lipinski definition) is 5. The van der Waals surface area contributed by atoms with Crippen LogP contribution < -0.4 is 5.32 Å². The van der Waals surface area contributed by atoms with Gasteiger partial charge in [-0.1, -0.05) is 35.3 Å². The molecule has 0 aromatic heterocycles. The SMILES string of the molecule is CC(C)N1CC2N(C(=O)C(NC(=O)C3CC3)CN2S(=O)(=O)c2cc(F)ccc2Cl)C(Cc2ccc(Cl)cc2)C1=O. The summed E-state index contributed by atoms with van der Waals surface area (Å²) in [6.45, 7) is 3.12. The lowest BCUT2D eigenvalue weighted by Gasteiger charge is -2.54. The first-order valence-electron chi connectivity index (χ1n) is 13.0. The third-order valence-corrected chi connectivity index (χ3v) is 10.1. The molecule has 1 N–H and O–H groups in total. The standard InChI is InChI=1S/C27H29Cl2FN4O5S/c1-15(2)32-14-24-33(40(38,39)23-12-19(30)9-10-20(23)29)13-21(31-25(35)17-5-6-17)26(36)34(24)22(27(32)37)11-16-3-7-18(28)8-4-16/h3-4,7-10,12,15,17,21-22,24H,5-6,11,13-14H2,1-2H3,(H,31,35). The molecule has 0 bridgehead atoms. The highest BCUT2D eigenvalue weighted by molar-refractivity contribution is 7.89. The molecule has 3 aliphatic rings. The van der Waals surface area contributed by atoms with E-state index in [9.17, 15) is 27.2 Å². The zero-order valence-electron chi connectivity index (χ0n) is 21.9. The Morgan fingerprint density at radius 3 is 2.35 bits per heavy atom. The van der Waals surface area contributed by atoms with Gasteiger partial charge in [0.2, 0.25) is 27.7 Å². The van der Waals surface area contributed by atoms with E-state index in [1.807, 2.05) is 0 Å². The Morgan fingerprint density at radius 2 is 1.73 bits per heavy atom. The summed E-state index contributed by atoms with van der Waals surface area (Å²) in [5, 5.41) is 3.01. The van der Waals surface area contributed by atoms with E-state index in [0.717, 1.165) is 22.5 Å². The quantitative estimate of drug-likeness (QED) is 0.518. The maximum atomic E-state index is 14.2. The number of carbonyl (C=O) groups is 3. The van der Waals surface area contributed by atoms with Gasteiger partial charge in [-0.2, -0.15) is 4.31 Å². The Morgan fingerprint density at radius 1 is 1.05 bits per heavy atom. The van der Waals surface area contributed by atoms with Crippen molar-refractivity contribution in [2.45, 2.75) is 62.3 Å². The summed E-state index contributed by atoms with van der Waals surface area (Å²) in [5.74, 6) is -2.28. The highest BCUT2D eigenvalue weighted by Gasteiger charge is 2.54. The lowest BCUT2D eigenvalue weighted by Crippen LogP contribution is -2.76. The van der Waals surface area contributed by atoms with Crippen LogP contribution in [0.15, 0.2) is 47.4 Å². The van der Waals surface area contributed by atoms with Crippen LogP contribution in [0.1, 0.15) is 32.3 Å². The number of carbonyl (C=O) groups excluding carboxylic acids is 3. The molecule has 0 spiro atoms. The summed E-state index contributed by atoms with van der Waals surface area (Å²) in [6, 6.07) is 7.24. The second-order valence-electron chi connectivity index (χ2n) is 10.6. The van der Waals surface area contributed by atoms with Gasteiger partial charge in [0.15, 0.2) is 0 Å². The molecule has 3 unspecified atom stereocenters. The minimum absolute atomic E-state index is 0.0966. The lowest BCUT2D eigenvalue weighted by molar-refractivity contribution is -0.169. The predicted octanol–water partition coefficient (Wildman–Crippen LogP) is 3.05. The highest BCUT2D eigenvalue weighted by atomic mass is 35.5. The highest BCUT2D eigenvalue weighted by Crippen LogP contribution is 2.35. The minimum atomic E-state index is -4.49. The summed E-state index contributed by atoms with van der Waals surface area (Å²) < 4.78 is 43.4. The largest absolute Gasteiger partial charge is 0.343 e. The molecule has 13 heteroatoms. The second kappa shape index (κ2) is 10.9. The Hall–Kier alpha value is -2.73. The number of hydrogen-bond donors (Lipinski definition) is 1. The van der Waals surface area contributed by atoms with Crippen LogP contribution in [0.5, 0.6) is 0 Å². The number of sulfonamides is 1. The molecule has 3 fully saturated rings. The topological polar surface area (TPSA) is 107 Å². The van der Waals surface area contributed by atoms with E-state index in [0.29, 0.717) is 23.4 Å². The van der Waals surface area contributed by atoms with Crippen molar-refractivity contribution >= 4 is 50.9 Å². The van der Waals surface area contributed by atoms with E-state index < -0.39 is 44.9 Å². The third-order valence-electron chi connectivity index (χ3n) is 7.54. The van der Waals surface area contributed by atoms with Crippen LogP contribution in [-0.4, -0.2) is 77.6 Å². The van der Waals surface area contributed by atoms with Gasteiger partial charge in [0.05, 0.1) is 11.6 Å². The number of halogens is 3. The molecule has 1 aliphatic carbocycles. The molecule has 40 heavy (non-hydrogen) atoms.